The van der Waals surface area contributed by atoms with Gasteiger partial charge in [0.2, 0.25) is 5.78 Å². The Morgan fingerprint density at radius 2 is 1.74 bits per heavy atom. The number of aromatic amines is 1. The van der Waals surface area contributed by atoms with Gasteiger partial charge in [-0.3, -0.25) is 14.3 Å². The molecule has 3 aromatic heterocycles. The minimum Gasteiger partial charge on any atom is -0.305 e. The highest BCUT2D eigenvalue weighted by Gasteiger charge is 2.20. The first-order chi connectivity index (χ1) is 11.0. The van der Waals surface area contributed by atoms with Crippen LogP contribution >= 0.6 is 11.6 Å². The van der Waals surface area contributed by atoms with Crippen molar-refractivity contribution >= 4 is 28.5 Å². The number of halogens is 1. The maximum absolute atomic E-state index is 12.2. The molecular weight excluding hydrogens is 320 g/mol. The van der Waals surface area contributed by atoms with E-state index in [0.717, 1.165) is 5.56 Å². The fourth-order valence-electron chi connectivity index (χ4n) is 2.73. The average molecular weight is 331 g/mol. The zero-order valence-electron chi connectivity index (χ0n) is 12.2. The molecule has 0 saturated heterocycles. The van der Waals surface area contributed by atoms with E-state index in [0.29, 0.717) is 27.8 Å². The molecule has 0 saturated carbocycles. The van der Waals surface area contributed by atoms with Gasteiger partial charge in [-0.1, -0.05) is 11.6 Å². The van der Waals surface area contributed by atoms with Gasteiger partial charge < -0.3 is 4.57 Å². The molecule has 8 nitrogen and oxygen atoms in total. The van der Waals surface area contributed by atoms with Crippen LogP contribution < -0.4 is 11.2 Å². The molecule has 0 radical (unpaired) electrons. The van der Waals surface area contributed by atoms with E-state index in [4.69, 9.17) is 11.6 Å². The van der Waals surface area contributed by atoms with Crippen LogP contribution in [-0.4, -0.2) is 28.7 Å². The number of fused-ring (bicyclic) bond motifs is 3. The van der Waals surface area contributed by atoms with Gasteiger partial charge in [0.25, 0.3) is 5.56 Å². The van der Waals surface area contributed by atoms with Crippen molar-refractivity contribution in [3.8, 4) is 11.4 Å². The van der Waals surface area contributed by atoms with Gasteiger partial charge in [0.05, 0.1) is 0 Å². The lowest BCUT2D eigenvalue weighted by atomic mass is 10.2. The lowest BCUT2D eigenvalue weighted by Crippen LogP contribution is -2.29. The maximum atomic E-state index is 12.2. The number of nitrogens with one attached hydrogen (secondary N) is 1. The fraction of sp³-hybridized carbons (Fsp3) is 0.143. The van der Waals surface area contributed by atoms with Gasteiger partial charge >= 0.3 is 5.69 Å². The van der Waals surface area contributed by atoms with E-state index < -0.39 is 11.2 Å². The summed E-state index contributed by atoms with van der Waals surface area (Å²) in [7, 11) is 3.30. The van der Waals surface area contributed by atoms with E-state index in [9.17, 15) is 9.59 Å². The molecule has 9 heteroatoms. The van der Waals surface area contributed by atoms with E-state index in [1.807, 2.05) is 12.1 Å². The largest absolute Gasteiger partial charge is 0.329 e. The summed E-state index contributed by atoms with van der Waals surface area (Å²) in [5.41, 5.74) is 0.615. The Kier molecular flexibility index (Phi) is 2.73. The quantitative estimate of drug-likeness (QED) is 0.562. The molecule has 1 N–H and O–H groups in total. The Labute approximate surface area is 133 Å². The summed E-state index contributed by atoms with van der Waals surface area (Å²) in [4.78, 5) is 26.4. The standard InChI is InChI=1S/C14H11ClN6O2/c1-19-9-11(22)16-14(23)20(2)12(9)21-10(17-18-13(19)21)7-3-5-8(15)6-4-7/h3-6H,1-2H3,(H,16,22,23). The lowest BCUT2D eigenvalue weighted by molar-refractivity contribution is 0.822. The molecule has 116 valence electrons. The van der Waals surface area contributed by atoms with Gasteiger partial charge in [0, 0.05) is 24.7 Å². The number of imidazole rings is 1. The number of rotatable bonds is 1. The first kappa shape index (κ1) is 13.8. The SMILES string of the molecule is Cn1c(=O)[nH]c(=O)c2c1n1c(-c3ccc(Cl)cc3)nnc1n2C. The van der Waals surface area contributed by atoms with Crippen LogP contribution in [0.5, 0.6) is 0 Å². The zero-order valence-corrected chi connectivity index (χ0v) is 13.0. The third kappa shape index (κ3) is 1.78. The first-order valence-corrected chi connectivity index (χ1v) is 7.15. The molecule has 0 aliphatic carbocycles. The van der Waals surface area contributed by atoms with Crippen molar-refractivity contribution in [1.29, 1.82) is 0 Å². The molecule has 0 amide bonds. The molecule has 0 aliphatic rings. The van der Waals surface area contributed by atoms with Crippen molar-refractivity contribution in [3.63, 3.8) is 0 Å². The van der Waals surface area contributed by atoms with Crippen molar-refractivity contribution in [1.82, 2.24) is 28.7 Å². The summed E-state index contributed by atoms with van der Waals surface area (Å²) in [6, 6.07) is 7.11. The highest BCUT2D eigenvalue weighted by molar-refractivity contribution is 6.30. The van der Waals surface area contributed by atoms with Gasteiger partial charge in [0.15, 0.2) is 17.0 Å². The van der Waals surface area contributed by atoms with Gasteiger partial charge in [-0.05, 0) is 24.3 Å². The number of hydrogen-bond donors (Lipinski definition) is 1. The van der Waals surface area contributed by atoms with E-state index in [1.165, 1.54) is 4.57 Å². The summed E-state index contributed by atoms with van der Waals surface area (Å²) in [5, 5.41) is 8.94. The van der Waals surface area contributed by atoms with Crippen LogP contribution in [0.1, 0.15) is 0 Å². The molecule has 0 unspecified atom stereocenters. The monoisotopic (exact) mass is 330 g/mol. The van der Waals surface area contributed by atoms with Crippen LogP contribution in [0.25, 0.3) is 28.3 Å². The Morgan fingerprint density at radius 1 is 1.04 bits per heavy atom. The van der Waals surface area contributed by atoms with Crippen LogP contribution in [0.4, 0.5) is 0 Å². The minimum atomic E-state index is -0.495. The summed E-state index contributed by atoms with van der Waals surface area (Å²) < 4.78 is 4.67. The summed E-state index contributed by atoms with van der Waals surface area (Å²) in [5.74, 6) is 1.000. The van der Waals surface area contributed by atoms with E-state index in [2.05, 4.69) is 15.2 Å². The third-order valence-electron chi connectivity index (χ3n) is 3.87. The molecule has 4 aromatic rings. The smallest absolute Gasteiger partial charge is 0.305 e. The van der Waals surface area contributed by atoms with Crippen LogP contribution in [-0.2, 0) is 14.1 Å². The second kappa shape index (κ2) is 4.56. The molecule has 0 bridgehead atoms. The van der Waals surface area contributed by atoms with Crippen molar-refractivity contribution in [2.45, 2.75) is 0 Å². The minimum absolute atomic E-state index is 0.354. The van der Waals surface area contributed by atoms with Gasteiger partial charge in [-0.2, -0.15) is 0 Å². The normalized spacial score (nSPS) is 11.6. The number of benzene rings is 1. The Hall–Kier alpha value is -2.87. The zero-order chi connectivity index (χ0) is 16.3. The predicted octanol–water partition coefficient (Wildman–Crippen LogP) is 0.928. The molecule has 0 fully saturated rings. The van der Waals surface area contributed by atoms with Crippen LogP contribution in [0.15, 0.2) is 33.9 Å². The number of aromatic nitrogens is 6. The van der Waals surface area contributed by atoms with Crippen molar-refractivity contribution in [2.75, 3.05) is 0 Å². The maximum Gasteiger partial charge on any atom is 0.329 e. The summed E-state index contributed by atoms with van der Waals surface area (Å²) >= 11 is 5.92. The highest BCUT2D eigenvalue weighted by atomic mass is 35.5. The predicted molar refractivity (Wildman–Crippen MR) is 85.8 cm³/mol. The topological polar surface area (TPSA) is 90.0 Å². The average Bonchev–Trinajstić information content (AvgIpc) is 3.06. The second-order valence-corrected chi connectivity index (χ2v) is 5.65. The Balaban J connectivity index is 2.23. The van der Waals surface area contributed by atoms with Crippen LogP contribution in [0.3, 0.4) is 0 Å². The number of nitrogens with zero attached hydrogens (tertiary/aromatic N) is 5. The molecule has 23 heavy (non-hydrogen) atoms. The molecule has 0 spiro atoms. The van der Waals surface area contributed by atoms with E-state index >= 15 is 0 Å². The molecule has 3 heterocycles. The van der Waals surface area contributed by atoms with Gasteiger partial charge in [-0.15, -0.1) is 10.2 Å². The second-order valence-electron chi connectivity index (χ2n) is 5.22. The Morgan fingerprint density at radius 3 is 2.43 bits per heavy atom. The third-order valence-corrected chi connectivity index (χ3v) is 4.12. The summed E-state index contributed by atoms with van der Waals surface area (Å²) in [6.07, 6.45) is 0. The fourth-order valence-corrected chi connectivity index (χ4v) is 2.86. The highest BCUT2D eigenvalue weighted by Crippen LogP contribution is 2.24. The first-order valence-electron chi connectivity index (χ1n) is 6.78. The lowest BCUT2D eigenvalue weighted by Gasteiger charge is -2.02. The van der Waals surface area contributed by atoms with E-state index in [1.54, 1.807) is 35.2 Å². The number of aryl methyl sites for hydroxylation is 2. The van der Waals surface area contributed by atoms with Gasteiger partial charge in [0.1, 0.15) is 0 Å². The molecule has 0 atom stereocenters. The molecule has 0 aliphatic heterocycles. The molecular formula is C14H11ClN6O2. The van der Waals surface area contributed by atoms with Crippen LogP contribution in [0, 0.1) is 0 Å². The van der Waals surface area contributed by atoms with E-state index in [-0.39, 0.29) is 0 Å². The van der Waals surface area contributed by atoms with Crippen molar-refractivity contribution in [3.05, 3.63) is 50.1 Å². The van der Waals surface area contributed by atoms with Crippen molar-refractivity contribution < 1.29 is 0 Å². The number of hydrogen-bond acceptors (Lipinski definition) is 4. The van der Waals surface area contributed by atoms with Crippen LogP contribution in [0.2, 0.25) is 5.02 Å². The van der Waals surface area contributed by atoms with Crippen molar-refractivity contribution in [2.24, 2.45) is 14.1 Å². The van der Waals surface area contributed by atoms with Gasteiger partial charge in [-0.25, -0.2) is 9.20 Å². The molecule has 4 rings (SSSR count). The number of H-pyrrole nitrogens is 1. The molecule has 1 aromatic carbocycles. The summed E-state index contributed by atoms with van der Waals surface area (Å²) in [6.45, 7) is 0. The Bertz CT molecular complexity index is 1180.